The van der Waals surface area contributed by atoms with Crippen molar-refractivity contribution in [2.24, 2.45) is 0 Å². The van der Waals surface area contributed by atoms with Crippen LogP contribution in [-0.4, -0.2) is 46.9 Å². The molecule has 0 bridgehead atoms. The Labute approximate surface area is 183 Å². The van der Waals surface area contributed by atoms with E-state index in [1.54, 1.807) is 21.9 Å². The first kappa shape index (κ1) is 23.1. The second-order valence-electron chi connectivity index (χ2n) is 7.76. The Bertz CT molecular complexity index is 1060. The third kappa shape index (κ3) is 4.82. The number of anilines is 2. The van der Waals surface area contributed by atoms with Crippen molar-refractivity contribution in [3.05, 3.63) is 53.3 Å². The molecule has 1 aliphatic rings. The average molecular weight is 445 g/mol. The minimum Gasteiger partial charge on any atom is -0.365 e. The molecule has 2 amide bonds. The third-order valence-electron chi connectivity index (χ3n) is 5.38. The van der Waals surface area contributed by atoms with Crippen molar-refractivity contribution in [1.82, 2.24) is 9.88 Å². The molecule has 0 radical (unpaired) electrons. The largest absolute Gasteiger partial charge is 0.417 e. The smallest absolute Gasteiger partial charge is 0.365 e. The van der Waals surface area contributed by atoms with Crippen molar-refractivity contribution >= 4 is 23.2 Å². The predicted molar refractivity (Wildman–Crippen MR) is 112 cm³/mol. The first-order valence-corrected chi connectivity index (χ1v) is 9.94. The second kappa shape index (κ2) is 8.86. The van der Waals surface area contributed by atoms with E-state index in [0.717, 1.165) is 6.07 Å². The molecule has 10 heteroatoms. The summed E-state index contributed by atoms with van der Waals surface area (Å²) >= 11 is 0. The van der Waals surface area contributed by atoms with Gasteiger partial charge in [0.25, 0.3) is 0 Å². The van der Waals surface area contributed by atoms with Crippen LogP contribution in [0, 0.1) is 11.3 Å². The van der Waals surface area contributed by atoms with Crippen molar-refractivity contribution in [3.8, 4) is 6.07 Å². The summed E-state index contributed by atoms with van der Waals surface area (Å²) in [6.07, 6.45) is -3.24. The van der Waals surface area contributed by atoms with Crippen LogP contribution >= 0.6 is 0 Å². The van der Waals surface area contributed by atoms with E-state index >= 15 is 0 Å². The molecule has 168 valence electrons. The fraction of sp³-hybridized carbons (Fsp3) is 0.364. The number of aromatic nitrogens is 1. The quantitative estimate of drug-likeness (QED) is 0.712. The van der Waals surface area contributed by atoms with Crippen LogP contribution in [0.2, 0.25) is 0 Å². The highest BCUT2D eigenvalue weighted by Gasteiger charge is 2.36. The van der Waals surface area contributed by atoms with Gasteiger partial charge in [0.2, 0.25) is 0 Å². The van der Waals surface area contributed by atoms with E-state index in [2.05, 4.69) is 10.3 Å². The Morgan fingerprint density at radius 2 is 1.88 bits per heavy atom. The van der Waals surface area contributed by atoms with Gasteiger partial charge in [0.15, 0.2) is 5.78 Å². The highest BCUT2D eigenvalue weighted by atomic mass is 19.4. The lowest BCUT2D eigenvalue weighted by Gasteiger charge is -2.45. The van der Waals surface area contributed by atoms with Crippen molar-refractivity contribution in [3.63, 3.8) is 0 Å². The Morgan fingerprint density at radius 3 is 2.44 bits per heavy atom. The van der Waals surface area contributed by atoms with Crippen LogP contribution in [-0.2, 0) is 6.18 Å². The third-order valence-corrected chi connectivity index (χ3v) is 5.38. The zero-order chi connectivity index (χ0) is 23.6. The number of nitrogens with zero attached hydrogens (tertiary/aromatic N) is 4. The van der Waals surface area contributed by atoms with Crippen LogP contribution < -0.4 is 10.2 Å². The van der Waals surface area contributed by atoms with E-state index < -0.39 is 17.3 Å². The maximum atomic E-state index is 13.3. The average Bonchev–Trinajstić information content (AvgIpc) is 2.74. The molecule has 32 heavy (non-hydrogen) atoms. The molecular weight excluding hydrogens is 423 g/mol. The molecule has 1 aromatic heterocycles. The number of nitrogens with one attached hydrogen (secondary N) is 1. The van der Waals surface area contributed by atoms with Gasteiger partial charge in [-0.15, -0.1) is 0 Å². The van der Waals surface area contributed by atoms with Crippen LogP contribution in [0.25, 0.3) is 0 Å². The Hall–Kier alpha value is -3.61. The predicted octanol–water partition coefficient (Wildman–Crippen LogP) is 4.31. The number of carbonyl (C=O) groups is 2. The Morgan fingerprint density at radius 1 is 1.16 bits per heavy atom. The molecule has 0 spiro atoms. The molecule has 2 heterocycles. The van der Waals surface area contributed by atoms with Crippen LogP contribution in [0.4, 0.5) is 29.3 Å². The summed E-state index contributed by atoms with van der Waals surface area (Å²) in [5.41, 5.74) is -0.327. The van der Waals surface area contributed by atoms with Crippen LogP contribution in [0.15, 0.2) is 36.5 Å². The van der Waals surface area contributed by atoms with Crippen LogP contribution in [0.3, 0.4) is 0 Å². The molecule has 0 aliphatic carbocycles. The van der Waals surface area contributed by atoms with E-state index in [-0.39, 0.29) is 30.4 Å². The summed E-state index contributed by atoms with van der Waals surface area (Å²) in [6.45, 7) is 5.63. The number of piperazine rings is 1. The number of hydrogen-bond acceptors (Lipinski definition) is 5. The number of alkyl halides is 3. The van der Waals surface area contributed by atoms with E-state index in [0.29, 0.717) is 23.6 Å². The number of nitriles is 1. The number of pyridine rings is 1. The van der Waals surface area contributed by atoms with E-state index in [1.807, 2.05) is 13.8 Å². The number of rotatable bonds is 3. The van der Waals surface area contributed by atoms with Gasteiger partial charge in [-0.25, -0.2) is 4.79 Å². The summed E-state index contributed by atoms with van der Waals surface area (Å²) in [5, 5.41) is 11.7. The number of hydrogen-bond donors (Lipinski definition) is 1. The number of amides is 2. The number of carbonyl (C=O) groups excluding carboxylic acids is 2. The van der Waals surface area contributed by atoms with Crippen LogP contribution in [0.5, 0.6) is 0 Å². The first-order valence-electron chi connectivity index (χ1n) is 9.94. The maximum absolute atomic E-state index is 13.3. The second-order valence-corrected chi connectivity index (χ2v) is 7.76. The molecule has 1 saturated heterocycles. The van der Waals surface area contributed by atoms with Gasteiger partial charge in [-0.05, 0) is 44.2 Å². The van der Waals surface area contributed by atoms with Crippen molar-refractivity contribution in [1.29, 1.82) is 5.26 Å². The van der Waals surface area contributed by atoms with Crippen molar-refractivity contribution in [2.45, 2.75) is 39.0 Å². The van der Waals surface area contributed by atoms with Gasteiger partial charge in [-0.3, -0.25) is 9.78 Å². The number of ketones is 1. The molecule has 1 aromatic carbocycles. The lowest BCUT2D eigenvalue weighted by Crippen LogP contribution is -2.59. The summed E-state index contributed by atoms with van der Waals surface area (Å²) in [6, 6.07) is 7.43. The van der Waals surface area contributed by atoms with E-state index in [4.69, 9.17) is 5.26 Å². The van der Waals surface area contributed by atoms with Gasteiger partial charge in [0.05, 0.1) is 29.1 Å². The van der Waals surface area contributed by atoms with E-state index in [9.17, 15) is 22.8 Å². The molecule has 1 N–H and O–H groups in total. The zero-order valence-electron chi connectivity index (χ0n) is 17.8. The number of benzene rings is 1. The van der Waals surface area contributed by atoms with Gasteiger partial charge >= 0.3 is 12.2 Å². The molecule has 7 nitrogen and oxygen atoms in total. The number of Topliss-reactive ketones (excluding diaryl/α,β-unsaturated/α-hetero) is 1. The highest BCUT2D eigenvalue weighted by Crippen LogP contribution is 2.35. The summed E-state index contributed by atoms with van der Waals surface area (Å²) < 4.78 is 40.0. The minimum atomic E-state index is -4.64. The van der Waals surface area contributed by atoms with Gasteiger partial charge in [-0.2, -0.15) is 18.4 Å². The molecule has 0 saturated carbocycles. The lowest BCUT2D eigenvalue weighted by atomic mass is 10.0. The molecule has 3 rings (SSSR count). The van der Waals surface area contributed by atoms with Gasteiger partial charge in [0.1, 0.15) is 5.69 Å². The normalized spacial score (nSPS) is 18.8. The van der Waals surface area contributed by atoms with E-state index in [1.165, 1.54) is 31.3 Å². The SMILES string of the molecule is CC(=O)c1ccc(NC(=O)N2C[C@H](C)N(c3ccc(C#N)c(C(F)(F)F)c3)C[C@H]2C)cn1. The maximum Gasteiger partial charge on any atom is 0.417 e. The molecular formula is C22H22F3N5O2. The molecule has 2 atom stereocenters. The van der Waals surface area contributed by atoms with Crippen molar-refractivity contribution < 1.29 is 22.8 Å². The zero-order valence-corrected chi connectivity index (χ0v) is 17.8. The molecule has 2 aromatic rings. The topological polar surface area (TPSA) is 89.3 Å². The summed E-state index contributed by atoms with van der Waals surface area (Å²) in [4.78, 5) is 31.5. The summed E-state index contributed by atoms with van der Waals surface area (Å²) in [5.74, 6) is -0.182. The molecule has 1 fully saturated rings. The van der Waals surface area contributed by atoms with Gasteiger partial charge in [0, 0.05) is 37.8 Å². The first-order chi connectivity index (χ1) is 15.0. The standard InChI is InChI=1S/C22H22F3N5O2/c1-13-12-30(21(32)28-17-5-7-20(15(3)31)27-10-17)14(2)11-29(13)18-6-4-16(9-26)19(8-18)22(23,24)25/h4-8,10,13-14H,11-12H2,1-3H3,(H,28,32)/t13-,14+/m0/s1. The molecule has 0 unspecified atom stereocenters. The lowest BCUT2D eigenvalue weighted by molar-refractivity contribution is -0.137. The Kier molecular flexibility index (Phi) is 6.39. The fourth-order valence-electron chi connectivity index (χ4n) is 3.68. The molecule has 1 aliphatic heterocycles. The van der Waals surface area contributed by atoms with Crippen molar-refractivity contribution in [2.75, 3.05) is 23.3 Å². The minimum absolute atomic E-state index is 0.182. The monoisotopic (exact) mass is 445 g/mol. The van der Waals surface area contributed by atoms with Crippen LogP contribution in [0.1, 0.15) is 42.4 Å². The van der Waals surface area contributed by atoms with Gasteiger partial charge < -0.3 is 15.1 Å². The Balaban J connectivity index is 1.74. The summed E-state index contributed by atoms with van der Waals surface area (Å²) in [7, 11) is 0. The highest BCUT2D eigenvalue weighted by molar-refractivity contribution is 5.93. The number of urea groups is 1. The van der Waals surface area contributed by atoms with Gasteiger partial charge in [-0.1, -0.05) is 0 Å². The fourth-order valence-corrected chi connectivity index (χ4v) is 3.68. The number of halogens is 3.